The highest BCUT2D eigenvalue weighted by atomic mass is 35.5. The average Bonchev–Trinajstić information content (AvgIpc) is 2.68. The lowest BCUT2D eigenvalue weighted by molar-refractivity contribution is -0.126. The van der Waals surface area contributed by atoms with Crippen LogP contribution in [0, 0.1) is 11.8 Å². The molecule has 146 valence electrons. The predicted molar refractivity (Wildman–Crippen MR) is 107 cm³/mol. The number of piperidine rings is 2. The second-order valence-electron chi connectivity index (χ2n) is 7.34. The molecule has 0 spiro atoms. The largest absolute Gasteiger partial charge is 0.497 e. The summed E-state index contributed by atoms with van der Waals surface area (Å²) in [6.45, 7) is 6.01. The smallest absolute Gasteiger partial charge is 0.223 e. The minimum absolute atomic E-state index is 0. The van der Waals surface area contributed by atoms with Crippen LogP contribution in [0.5, 0.6) is 5.75 Å². The Morgan fingerprint density at radius 2 is 1.81 bits per heavy atom. The van der Waals surface area contributed by atoms with Crippen molar-refractivity contribution < 1.29 is 9.53 Å². The molecule has 26 heavy (non-hydrogen) atoms. The van der Waals surface area contributed by atoms with E-state index in [2.05, 4.69) is 27.7 Å². The van der Waals surface area contributed by atoms with E-state index in [0.717, 1.165) is 57.9 Å². The fourth-order valence-electron chi connectivity index (χ4n) is 3.81. The molecular formula is C20H32ClN3O2. The van der Waals surface area contributed by atoms with Crippen molar-refractivity contribution in [2.24, 2.45) is 11.8 Å². The number of carbonyl (C=O) groups is 1. The van der Waals surface area contributed by atoms with Gasteiger partial charge in [0.25, 0.3) is 0 Å². The number of benzene rings is 1. The third kappa shape index (κ3) is 6.15. The summed E-state index contributed by atoms with van der Waals surface area (Å²) in [6, 6.07) is 8.34. The fraction of sp³-hybridized carbons (Fsp3) is 0.650. The zero-order valence-corrected chi connectivity index (χ0v) is 16.5. The molecule has 1 aromatic rings. The molecule has 0 bridgehead atoms. The van der Waals surface area contributed by atoms with E-state index in [1.165, 1.54) is 18.4 Å². The van der Waals surface area contributed by atoms with E-state index in [9.17, 15) is 4.79 Å². The van der Waals surface area contributed by atoms with Crippen LogP contribution >= 0.6 is 12.4 Å². The summed E-state index contributed by atoms with van der Waals surface area (Å²) >= 11 is 0. The Morgan fingerprint density at radius 1 is 1.15 bits per heavy atom. The molecule has 2 saturated heterocycles. The van der Waals surface area contributed by atoms with Gasteiger partial charge in [-0.1, -0.05) is 12.1 Å². The highest BCUT2D eigenvalue weighted by Gasteiger charge is 2.23. The van der Waals surface area contributed by atoms with Gasteiger partial charge in [0.15, 0.2) is 0 Å². The zero-order chi connectivity index (χ0) is 17.5. The Balaban J connectivity index is 0.00000243. The van der Waals surface area contributed by atoms with Crippen molar-refractivity contribution in [3.05, 3.63) is 29.8 Å². The molecule has 6 heteroatoms. The number of carbonyl (C=O) groups excluding carboxylic acids is 1. The molecule has 1 amide bonds. The number of rotatable bonds is 6. The van der Waals surface area contributed by atoms with Gasteiger partial charge in [0.2, 0.25) is 5.91 Å². The quantitative estimate of drug-likeness (QED) is 0.794. The molecule has 0 saturated carbocycles. The molecule has 0 aromatic heterocycles. The summed E-state index contributed by atoms with van der Waals surface area (Å²) in [5.74, 6) is 2.02. The van der Waals surface area contributed by atoms with Crippen LogP contribution in [0.25, 0.3) is 0 Å². The number of methoxy groups -OCH3 is 1. The topological polar surface area (TPSA) is 53.6 Å². The van der Waals surface area contributed by atoms with Crippen molar-refractivity contribution in [2.45, 2.75) is 32.2 Å². The molecule has 3 rings (SSSR count). The lowest BCUT2D eigenvalue weighted by Gasteiger charge is -2.32. The molecule has 0 unspecified atom stereocenters. The Kier molecular flexibility index (Phi) is 8.69. The average molecular weight is 382 g/mol. The van der Waals surface area contributed by atoms with Gasteiger partial charge in [-0.15, -0.1) is 12.4 Å². The van der Waals surface area contributed by atoms with Gasteiger partial charge in [0.05, 0.1) is 7.11 Å². The van der Waals surface area contributed by atoms with E-state index in [-0.39, 0.29) is 24.2 Å². The van der Waals surface area contributed by atoms with Gasteiger partial charge in [-0.3, -0.25) is 9.69 Å². The van der Waals surface area contributed by atoms with Crippen LogP contribution in [0.1, 0.15) is 31.2 Å². The maximum absolute atomic E-state index is 12.2. The second-order valence-corrected chi connectivity index (χ2v) is 7.34. The number of hydrogen-bond donors (Lipinski definition) is 2. The molecule has 2 N–H and O–H groups in total. The van der Waals surface area contributed by atoms with Gasteiger partial charge in [0.1, 0.15) is 5.75 Å². The number of nitrogens with zero attached hydrogens (tertiary/aromatic N) is 1. The van der Waals surface area contributed by atoms with Gasteiger partial charge in [-0.05, 0) is 75.5 Å². The Bertz CT molecular complexity index is 538. The van der Waals surface area contributed by atoms with Crippen molar-refractivity contribution in [2.75, 3.05) is 39.8 Å². The first-order chi connectivity index (χ1) is 12.2. The molecule has 2 heterocycles. The maximum atomic E-state index is 12.2. The third-order valence-corrected chi connectivity index (χ3v) is 5.55. The highest BCUT2D eigenvalue weighted by molar-refractivity contribution is 5.85. The van der Waals surface area contributed by atoms with Crippen molar-refractivity contribution in [3.63, 3.8) is 0 Å². The Labute approximate surface area is 163 Å². The Hall–Kier alpha value is -1.30. The number of ether oxygens (including phenoxy) is 1. The van der Waals surface area contributed by atoms with E-state index in [1.54, 1.807) is 7.11 Å². The minimum atomic E-state index is 0. The van der Waals surface area contributed by atoms with Gasteiger partial charge < -0.3 is 15.4 Å². The summed E-state index contributed by atoms with van der Waals surface area (Å²) in [5, 5.41) is 6.51. The van der Waals surface area contributed by atoms with E-state index >= 15 is 0 Å². The number of amides is 1. The van der Waals surface area contributed by atoms with E-state index in [1.807, 2.05) is 12.1 Å². The lowest BCUT2D eigenvalue weighted by atomic mass is 9.94. The third-order valence-electron chi connectivity index (χ3n) is 5.55. The van der Waals surface area contributed by atoms with E-state index in [0.29, 0.717) is 5.92 Å². The number of likely N-dealkylation sites (tertiary alicyclic amines) is 1. The van der Waals surface area contributed by atoms with Crippen molar-refractivity contribution in [1.82, 2.24) is 15.5 Å². The number of halogens is 1. The van der Waals surface area contributed by atoms with Crippen molar-refractivity contribution >= 4 is 18.3 Å². The molecule has 0 aliphatic carbocycles. The van der Waals surface area contributed by atoms with Crippen LogP contribution in [0.2, 0.25) is 0 Å². The van der Waals surface area contributed by atoms with Crippen molar-refractivity contribution in [3.8, 4) is 5.75 Å². The molecule has 2 aliphatic rings. The van der Waals surface area contributed by atoms with Crippen LogP contribution in [0.4, 0.5) is 0 Å². The number of nitrogens with one attached hydrogen (secondary N) is 2. The summed E-state index contributed by atoms with van der Waals surface area (Å²) < 4.78 is 5.21. The van der Waals surface area contributed by atoms with E-state index < -0.39 is 0 Å². The van der Waals surface area contributed by atoms with Crippen LogP contribution in [0.15, 0.2) is 24.3 Å². The first-order valence-corrected chi connectivity index (χ1v) is 9.58. The van der Waals surface area contributed by atoms with Crippen LogP contribution in [0.3, 0.4) is 0 Å². The normalized spacial score (nSPS) is 19.6. The molecule has 0 radical (unpaired) electrons. The first kappa shape index (κ1) is 21.0. The van der Waals surface area contributed by atoms with Gasteiger partial charge in [-0.2, -0.15) is 0 Å². The molecule has 1 aromatic carbocycles. The van der Waals surface area contributed by atoms with Gasteiger partial charge in [0, 0.05) is 19.0 Å². The predicted octanol–water partition coefficient (Wildman–Crippen LogP) is 2.44. The van der Waals surface area contributed by atoms with Crippen LogP contribution in [-0.2, 0) is 11.3 Å². The van der Waals surface area contributed by atoms with Gasteiger partial charge >= 0.3 is 0 Å². The Morgan fingerprint density at radius 3 is 2.42 bits per heavy atom. The van der Waals surface area contributed by atoms with E-state index in [4.69, 9.17) is 4.74 Å². The molecule has 2 aliphatic heterocycles. The maximum Gasteiger partial charge on any atom is 0.223 e. The zero-order valence-electron chi connectivity index (χ0n) is 15.7. The first-order valence-electron chi connectivity index (χ1n) is 9.58. The van der Waals surface area contributed by atoms with Crippen molar-refractivity contribution in [1.29, 1.82) is 0 Å². The highest BCUT2D eigenvalue weighted by Crippen LogP contribution is 2.20. The summed E-state index contributed by atoms with van der Waals surface area (Å²) in [4.78, 5) is 14.7. The van der Waals surface area contributed by atoms with Gasteiger partial charge in [-0.25, -0.2) is 0 Å². The standard InChI is InChI=1S/C20H31N3O2.ClH/c1-25-19-4-2-17(3-5-19)15-23-12-8-16(9-13-23)14-22-20(24)18-6-10-21-11-7-18;/h2-5,16,18,21H,6-15H2,1H3,(H,22,24);1H. The monoisotopic (exact) mass is 381 g/mol. The summed E-state index contributed by atoms with van der Waals surface area (Å²) in [5.41, 5.74) is 1.33. The van der Waals surface area contributed by atoms with Crippen LogP contribution < -0.4 is 15.4 Å². The molecule has 0 atom stereocenters. The van der Waals surface area contributed by atoms with Crippen LogP contribution in [-0.4, -0.2) is 50.6 Å². The fourth-order valence-corrected chi connectivity index (χ4v) is 3.81. The molecule has 5 nitrogen and oxygen atoms in total. The number of hydrogen-bond acceptors (Lipinski definition) is 4. The molecule has 2 fully saturated rings. The molecular weight excluding hydrogens is 350 g/mol. The minimum Gasteiger partial charge on any atom is -0.497 e. The second kappa shape index (κ2) is 10.8. The summed E-state index contributed by atoms with van der Waals surface area (Å²) in [6.07, 6.45) is 4.30. The lowest BCUT2D eigenvalue weighted by Crippen LogP contribution is -2.42. The summed E-state index contributed by atoms with van der Waals surface area (Å²) in [7, 11) is 1.70. The SMILES string of the molecule is COc1ccc(CN2CCC(CNC(=O)C3CCNCC3)CC2)cc1.Cl.